The molecule has 31 heavy (non-hydrogen) atoms. The number of likely N-dealkylation sites (tertiary alicyclic amines) is 1. The van der Waals surface area contributed by atoms with Gasteiger partial charge < -0.3 is 10.2 Å². The van der Waals surface area contributed by atoms with Crippen molar-refractivity contribution in [2.45, 2.75) is 43.5 Å². The van der Waals surface area contributed by atoms with Gasteiger partial charge in [0.2, 0.25) is 5.91 Å². The molecule has 2 fully saturated rings. The van der Waals surface area contributed by atoms with Crippen molar-refractivity contribution >= 4 is 27.5 Å². The molecule has 2 amide bonds. The summed E-state index contributed by atoms with van der Waals surface area (Å²) in [6, 6.07) is 13.4. The van der Waals surface area contributed by atoms with Gasteiger partial charge in [-0.25, -0.2) is 8.42 Å². The van der Waals surface area contributed by atoms with Crippen LogP contribution in [0.1, 0.15) is 41.6 Å². The fraction of sp³-hybridized carbons (Fsp3) is 0.391. The molecule has 0 radical (unpaired) electrons. The standard InChI is InChI=1S/C23H27N3O4S/c1-16-7-11-21(12-8-16)31(29,30)25-20-6-2-4-17(14-20)23(28)26-13-3-5-18(15-26)22(27)24-19-9-10-19/h2,4,6-8,11-12,14,18-19,25H,3,5,9-10,13,15H2,1H3,(H,24,27)/t18-/m1/s1. The van der Waals surface area contributed by atoms with Crippen molar-refractivity contribution in [1.82, 2.24) is 10.2 Å². The highest BCUT2D eigenvalue weighted by Gasteiger charge is 2.32. The molecule has 1 saturated carbocycles. The van der Waals surface area contributed by atoms with Crippen LogP contribution in [0.5, 0.6) is 0 Å². The summed E-state index contributed by atoms with van der Waals surface area (Å²) in [4.78, 5) is 27.3. The van der Waals surface area contributed by atoms with Gasteiger partial charge in [0.15, 0.2) is 0 Å². The third-order valence-electron chi connectivity index (χ3n) is 5.70. The number of benzene rings is 2. The van der Waals surface area contributed by atoms with Crippen molar-refractivity contribution in [2.24, 2.45) is 5.92 Å². The second kappa shape index (κ2) is 8.70. The van der Waals surface area contributed by atoms with Gasteiger partial charge in [0.25, 0.3) is 15.9 Å². The van der Waals surface area contributed by atoms with E-state index in [0.717, 1.165) is 31.2 Å². The lowest BCUT2D eigenvalue weighted by Gasteiger charge is -2.32. The normalized spacial score (nSPS) is 19.0. The van der Waals surface area contributed by atoms with Crippen LogP contribution in [0.25, 0.3) is 0 Å². The Morgan fingerprint density at radius 2 is 1.77 bits per heavy atom. The molecule has 2 aliphatic rings. The lowest BCUT2D eigenvalue weighted by Crippen LogP contribution is -2.45. The first-order chi connectivity index (χ1) is 14.8. The number of rotatable bonds is 6. The van der Waals surface area contributed by atoms with Crippen LogP contribution in [-0.4, -0.2) is 44.3 Å². The molecule has 0 aromatic heterocycles. The SMILES string of the molecule is Cc1ccc(S(=O)(=O)Nc2cccc(C(=O)N3CCC[C@@H](C(=O)NC4CC4)C3)c2)cc1. The minimum absolute atomic E-state index is 0.0274. The summed E-state index contributed by atoms with van der Waals surface area (Å²) < 4.78 is 27.9. The molecule has 1 saturated heterocycles. The second-order valence-electron chi connectivity index (χ2n) is 8.37. The number of nitrogens with zero attached hydrogens (tertiary/aromatic N) is 1. The number of anilines is 1. The van der Waals surface area contributed by atoms with Crippen molar-refractivity contribution in [1.29, 1.82) is 0 Å². The van der Waals surface area contributed by atoms with E-state index in [1.54, 1.807) is 53.4 Å². The number of piperidine rings is 1. The maximum atomic E-state index is 13.0. The van der Waals surface area contributed by atoms with Crippen LogP contribution in [0.2, 0.25) is 0 Å². The van der Waals surface area contributed by atoms with E-state index in [2.05, 4.69) is 10.0 Å². The largest absolute Gasteiger partial charge is 0.353 e. The van der Waals surface area contributed by atoms with E-state index in [4.69, 9.17) is 0 Å². The molecule has 2 aromatic carbocycles. The Kier molecular flexibility index (Phi) is 6.00. The van der Waals surface area contributed by atoms with Gasteiger partial charge in [0.1, 0.15) is 0 Å². The molecule has 1 aliphatic heterocycles. The van der Waals surface area contributed by atoms with Crippen LogP contribution in [0.4, 0.5) is 5.69 Å². The maximum Gasteiger partial charge on any atom is 0.261 e. The van der Waals surface area contributed by atoms with Crippen molar-refractivity contribution in [3.8, 4) is 0 Å². The fourth-order valence-electron chi connectivity index (χ4n) is 3.75. The zero-order chi connectivity index (χ0) is 22.0. The van der Waals surface area contributed by atoms with Crippen molar-refractivity contribution in [2.75, 3.05) is 17.8 Å². The van der Waals surface area contributed by atoms with Crippen molar-refractivity contribution in [3.63, 3.8) is 0 Å². The second-order valence-corrected chi connectivity index (χ2v) is 10.1. The molecule has 164 valence electrons. The summed E-state index contributed by atoms with van der Waals surface area (Å²) in [7, 11) is -3.75. The first-order valence-corrected chi connectivity index (χ1v) is 12.1. The van der Waals surface area contributed by atoms with E-state index in [9.17, 15) is 18.0 Å². The topological polar surface area (TPSA) is 95.6 Å². The number of carbonyl (C=O) groups is 2. The van der Waals surface area contributed by atoms with Gasteiger partial charge in [-0.1, -0.05) is 23.8 Å². The van der Waals surface area contributed by atoms with E-state index in [1.165, 1.54) is 0 Å². The van der Waals surface area contributed by atoms with E-state index in [1.807, 2.05) is 6.92 Å². The van der Waals surface area contributed by atoms with Crippen LogP contribution in [0, 0.1) is 12.8 Å². The molecule has 0 spiro atoms. The third-order valence-corrected chi connectivity index (χ3v) is 7.09. The minimum Gasteiger partial charge on any atom is -0.353 e. The smallest absolute Gasteiger partial charge is 0.261 e. The number of amides is 2. The Labute approximate surface area is 182 Å². The van der Waals surface area contributed by atoms with Crippen LogP contribution in [0.15, 0.2) is 53.4 Å². The van der Waals surface area contributed by atoms with E-state index < -0.39 is 10.0 Å². The number of carbonyl (C=O) groups excluding carboxylic acids is 2. The molecule has 4 rings (SSSR count). The fourth-order valence-corrected chi connectivity index (χ4v) is 4.80. The highest BCUT2D eigenvalue weighted by molar-refractivity contribution is 7.92. The molecule has 1 heterocycles. The molecule has 1 atom stereocenters. The highest BCUT2D eigenvalue weighted by atomic mass is 32.2. The van der Waals surface area contributed by atoms with E-state index in [-0.39, 0.29) is 22.6 Å². The summed E-state index contributed by atoms with van der Waals surface area (Å²) in [6.45, 7) is 2.86. The third kappa shape index (κ3) is 5.25. The molecule has 1 aliphatic carbocycles. The highest BCUT2D eigenvalue weighted by Crippen LogP contribution is 2.24. The van der Waals surface area contributed by atoms with Gasteiger partial charge in [-0.2, -0.15) is 0 Å². The molecule has 0 bridgehead atoms. The van der Waals surface area contributed by atoms with Crippen molar-refractivity contribution in [3.05, 3.63) is 59.7 Å². The number of sulfonamides is 1. The molecular formula is C23H27N3O4S. The van der Waals surface area contributed by atoms with E-state index >= 15 is 0 Å². The Morgan fingerprint density at radius 1 is 1.03 bits per heavy atom. The van der Waals surface area contributed by atoms with Crippen LogP contribution >= 0.6 is 0 Å². The molecule has 8 heteroatoms. The summed E-state index contributed by atoms with van der Waals surface area (Å²) in [5, 5.41) is 3.02. The Bertz CT molecular complexity index is 1080. The zero-order valence-electron chi connectivity index (χ0n) is 17.5. The zero-order valence-corrected chi connectivity index (χ0v) is 18.3. The minimum atomic E-state index is -3.75. The summed E-state index contributed by atoms with van der Waals surface area (Å²) in [6.07, 6.45) is 3.62. The number of aryl methyl sites for hydroxylation is 1. The van der Waals surface area contributed by atoms with Crippen LogP contribution < -0.4 is 10.0 Å². The van der Waals surface area contributed by atoms with Gasteiger partial charge >= 0.3 is 0 Å². The number of nitrogens with one attached hydrogen (secondary N) is 2. The average molecular weight is 442 g/mol. The average Bonchev–Trinajstić information content (AvgIpc) is 3.57. The number of hydrogen-bond acceptors (Lipinski definition) is 4. The predicted molar refractivity (Wildman–Crippen MR) is 118 cm³/mol. The van der Waals surface area contributed by atoms with E-state index in [0.29, 0.717) is 30.4 Å². The van der Waals surface area contributed by atoms with Gasteiger partial charge in [-0.15, -0.1) is 0 Å². The molecule has 7 nitrogen and oxygen atoms in total. The van der Waals surface area contributed by atoms with Gasteiger partial charge in [0, 0.05) is 30.4 Å². The molecule has 0 unspecified atom stereocenters. The maximum absolute atomic E-state index is 13.0. The monoisotopic (exact) mass is 441 g/mol. The van der Waals surface area contributed by atoms with Crippen LogP contribution in [0.3, 0.4) is 0 Å². The first kappa shape index (κ1) is 21.4. The van der Waals surface area contributed by atoms with Gasteiger partial charge in [0.05, 0.1) is 10.8 Å². The Hall–Kier alpha value is -2.87. The lowest BCUT2D eigenvalue weighted by atomic mass is 9.96. The van der Waals surface area contributed by atoms with Crippen molar-refractivity contribution < 1.29 is 18.0 Å². The summed E-state index contributed by atoms with van der Waals surface area (Å²) in [5.41, 5.74) is 1.69. The Morgan fingerprint density at radius 3 is 2.48 bits per heavy atom. The molecule has 2 aromatic rings. The summed E-state index contributed by atoms with van der Waals surface area (Å²) >= 11 is 0. The molecular weight excluding hydrogens is 414 g/mol. The summed E-state index contributed by atoms with van der Waals surface area (Å²) in [5.74, 6) is -0.360. The predicted octanol–water partition coefficient (Wildman–Crippen LogP) is 2.93. The molecule has 2 N–H and O–H groups in total. The first-order valence-electron chi connectivity index (χ1n) is 10.6. The van der Waals surface area contributed by atoms with Gasteiger partial charge in [-0.3, -0.25) is 14.3 Å². The Balaban J connectivity index is 1.45. The van der Waals surface area contributed by atoms with Crippen LogP contribution in [-0.2, 0) is 14.8 Å². The quantitative estimate of drug-likeness (QED) is 0.721. The lowest BCUT2D eigenvalue weighted by molar-refractivity contribution is -0.126. The van der Waals surface area contributed by atoms with Gasteiger partial charge in [-0.05, 0) is 62.9 Å². The number of hydrogen-bond donors (Lipinski definition) is 2.